The minimum atomic E-state index is 0.107. The van der Waals surface area contributed by atoms with Crippen LogP contribution in [-0.4, -0.2) is 67.2 Å². The molecule has 5 heteroatoms. The van der Waals surface area contributed by atoms with E-state index in [-0.39, 0.29) is 12.5 Å². The van der Waals surface area contributed by atoms with Gasteiger partial charge in [-0.15, -0.1) is 0 Å². The molecule has 1 aromatic carbocycles. The lowest BCUT2D eigenvalue weighted by Gasteiger charge is -2.39. The lowest BCUT2D eigenvalue weighted by atomic mass is 9.95. The third kappa shape index (κ3) is 6.19. The van der Waals surface area contributed by atoms with Crippen molar-refractivity contribution in [3.63, 3.8) is 0 Å². The number of carbonyl (C=O) groups excluding carboxylic acids is 1. The summed E-state index contributed by atoms with van der Waals surface area (Å²) in [5, 5.41) is 0. The first-order valence-electron chi connectivity index (χ1n) is 11.3. The van der Waals surface area contributed by atoms with Gasteiger partial charge >= 0.3 is 0 Å². The Morgan fingerprint density at radius 3 is 2.48 bits per heavy atom. The van der Waals surface area contributed by atoms with Crippen LogP contribution in [-0.2, 0) is 9.53 Å². The topological polar surface area (TPSA) is 42.0 Å². The summed E-state index contributed by atoms with van der Waals surface area (Å²) in [4.78, 5) is 17.2. The number of para-hydroxylation sites is 1. The highest BCUT2D eigenvalue weighted by Crippen LogP contribution is 2.28. The molecule has 2 saturated heterocycles. The fourth-order valence-electron chi connectivity index (χ4n) is 4.63. The molecule has 29 heavy (non-hydrogen) atoms. The maximum atomic E-state index is 12.7. The van der Waals surface area contributed by atoms with E-state index < -0.39 is 0 Å². The molecule has 2 fully saturated rings. The van der Waals surface area contributed by atoms with Gasteiger partial charge in [0.2, 0.25) is 0 Å². The van der Waals surface area contributed by atoms with E-state index in [0.29, 0.717) is 24.0 Å². The van der Waals surface area contributed by atoms with Crippen LogP contribution in [0.3, 0.4) is 0 Å². The monoisotopic (exact) mass is 402 g/mol. The average Bonchev–Trinajstić information content (AvgIpc) is 2.71. The number of likely N-dealkylation sites (tertiary alicyclic amines) is 1. The maximum absolute atomic E-state index is 12.7. The molecule has 3 rings (SSSR count). The largest absolute Gasteiger partial charge is 0.483 e. The van der Waals surface area contributed by atoms with Crippen LogP contribution in [0.15, 0.2) is 24.3 Å². The van der Waals surface area contributed by atoms with Gasteiger partial charge in [0.1, 0.15) is 5.75 Å². The zero-order valence-corrected chi connectivity index (χ0v) is 18.6. The van der Waals surface area contributed by atoms with Crippen molar-refractivity contribution in [2.24, 2.45) is 5.92 Å². The number of nitrogens with zero attached hydrogens (tertiary/aromatic N) is 2. The van der Waals surface area contributed by atoms with Crippen molar-refractivity contribution in [3.8, 4) is 5.75 Å². The summed E-state index contributed by atoms with van der Waals surface area (Å²) >= 11 is 0. The molecule has 0 bridgehead atoms. The van der Waals surface area contributed by atoms with Crippen LogP contribution in [0.5, 0.6) is 5.75 Å². The fourth-order valence-corrected chi connectivity index (χ4v) is 4.63. The number of ether oxygens (including phenoxy) is 2. The second kappa shape index (κ2) is 10.4. The number of carbonyl (C=O) groups is 1. The first-order chi connectivity index (χ1) is 14.0. The number of amides is 1. The first kappa shape index (κ1) is 22.1. The second-order valence-electron chi connectivity index (χ2n) is 8.94. The predicted octanol–water partition coefficient (Wildman–Crippen LogP) is 3.93. The van der Waals surface area contributed by atoms with Crippen molar-refractivity contribution in [3.05, 3.63) is 29.8 Å². The zero-order valence-electron chi connectivity index (χ0n) is 18.6. The van der Waals surface area contributed by atoms with Gasteiger partial charge in [-0.25, -0.2) is 0 Å². The number of piperidine rings is 1. The molecular weight excluding hydrogens is 364 g/mol. The van der Waals surface area contributed by atoms with Gasteiger partial charge in [0, 0.05) is 32.7 Å². The smallest absolute Gasteiger partial charge is 0.260 e. The number of benzene rings is 1. The molecular formula is C24H38N2O3. The zero-order chi connectivity index (χ0) is 20.8. The van der Waals surface area contributed by atoms with E-state index in [4.69, 9.17) is 9.47 Å². The van der Waals surface area contributed by atoms with E-state index in [2.05, 4.69) is 38.7 Å². The Bertz CT molecular complexity index is 647. The van der Waals surface area contributed by atoms with Crippen molar-refractivity contribution in [1.82, 2.24) is 9.80 Å². The molecule has 2 aliphatic rings. The van der Waals surface area contributed by atoms with E-state index in [1.165, 1.54) is 5.56 Å². The van der Waals surface area contributed by atoms with Gasteiger partial charge in [-0.3, -0.25) is 9.69 Å². The van der Waals surface area contributed by atoms with Crippen LogP contribution in [0.25, 0.3) is 0 Å². The average molecular weight is 403 g/mol. The number of rotatable bonds is 7. The molecule has 0 N–H and O–H groups in total. The summed E-state index contributed by atoms with van der Waals surface area (Å²) in [6.07, 6.45) is 3.85. The molecule has 0 aliphatic carbocycles. The Labute approximate surface area is 176 Å². The molecule has 3 atom stereocenters. The molecule has 0 aromatic heterocycles. The minimum absolute atomic E-state index is 0.107. The third-order valence-electron chi connectivity index (χ3n) is 6.39. The van der Waals surface area contributed by atoms with Gasteiger partial charge in [-0.2, -0.15) is 0 Å². The minimum Gasteiger partial charge on any atom is -0.483 e. The molecule has 1 aromatic rings. The van der Waals surface area contributed by atoms with Gasteiger partial charge in [-0.1, -0.05) is 32.0 Å². The first-order valence-corrected chi connectivity index (χ1v) is 11.3. The summed E-state index contributed by atoms with van der Waals surface area (Å²) in [6.45, 7) is 13.7. The van der Waals surface area contributed by atoms with Gasteiger partial charge in [0.25, 0.3) is 5.91 Å². The van der Waals surface area contributed by atoms with Gasteiger partial charge in [-0.05, 0) is 56.6 Å². The van der Waals surface area contributed by atoms with Crippen LogP contribution >= 0.6 is 0 Å². The summed E-state index contributed by atoms with van der Waals surface area (Å²) in [6, 6.07) is 8.10. The van der Waals surface area contributed by atoms with E-state index in [1.807, 2.05) is 23.1 Å². The molecule has 5 nitrogen and oxygen atoms in total. The van der Waals surface area contributed by atoms with Crippen molar-refractivity contribution in [2.45, 2.75) is 65.1 Å². The van der Waals surface area contributed by atoms with E-state index in [1.54, 1.807) is 0 Å². The molecule has 3 unspecified atom stereocenters. The standard InChI is InChI=1S/C24H38N2O3/c1-5-18(2)22-8-6-7-9-23(22)28-17-24(27)26-12-10-21(11-13-26)16-25-14-19(3)29-20(4)15-25/h6-9,18-21H,5,10-17H2,1-4H3. The summed E-state index contributed by atoms with van der Waals surface area (Å²) in [5.41, 5.74) is 1.19. The van der Waals surface area contributed by atoms with Crippen molar-refractivity contribution >= 4 is 5.91 Å². The molecule has 2 aliphatic heterocycles. The van der Waals surface area contributed by atoms with Crippen molar-refractivity contribution in [2.75, 3.05) is 39.3 Å². The Morgan fingerprint density at radius 1 is 1.17 bits per heavy atom. The van der Waals surface area contributed by atoms with Crippen LogP contribution < -0.4 is 4.74 Å². The van der Waals surface area contributed by atoms with Gasteiger partial charge in [0.15, 0.2) is 6.61 Å². The number of hydrogen-bond acceptors (Lipinski definition) is 4. The highest BCUT2D eigenvalue weighted by atomic mass is 16.5. The molecule has 0 radical (unpaired) electrons. The van der Waals surface area contributed by atoms with Gasteiger partial charge in [0.05, 0.1) is 12.2 Å². The quantitative estimate of drug-likeness (QED) is 0.693. The lowest BCUT2D eigenvalue weighted by molar-refractivity contribution is -0.135. The Balaban J connectivity index is 1.44. The van der Waals surface area contributed by atoms with Crippen LogP contribution in [0.4, 0.5) is 0 Å². The normalized spacial score (nSPS) is 25.0. The maximum Gasteiger partial charge on any atom is 0.260 e. The fraction of sp³-hybridized carbons (Fsp3) is 0.708. The summed E-state index contributed by atoms with van der Waals surface area (Å²) in [7, 11) is 0. The Hall–Kier alpha value is -1.59. The Morgan fingerprint density at radius 2 is 1.83 bits per heavy atom. The Kier molecular flexibility index (Phi) is 7.96. The molecule has 0 spiro atoms. The van der Waals surface area contributed by atoms with Crippen LogP contribution in [0.2, 0.25) is 0 Å². The number of hydrogen-bond donors (Lipinski definition) is 0. The van der Waals surface area contributed by atoms with E-state index in [9.17, 15) is 4.79 Å². The summed E-state index contributed by atoms with van der Waals surface area (Å²) < 4.78 is 11.8. The van der Waals surface area contributed by atoms with Crippen LogP contribution in [0, 0.1) is 5.92 Å². The molecule has 1 amide bonds. The predicted molar refractivity (Wildman–Crippen MR) is 116 cm³/mol. The van der Waals surface area contributed by atoms with E-state index in [0.717, 1.165) is 57.7 Å². The van der Waals surface area contributed by atoms with Crippen LogP contribution in [0.1, 0.15) is 58.4 Å². The highest BCUT2D eigenvalue weighted by molar-refractivity contribution is 5.77. The van der Waals surface area contributed by atoms with Gasteiger partial charge < -0.3 is 14.4 Å². The third-order valence-corrected chi connectivity index (χ3v) is 6.39. The lowest BCUT2D eigenvalue weighted by Crippen LogP contribution is -2.49. The number of morpholine rings is 1. The molecule has 0 saturated carbocycles. The second-order valence-corrected chi connectivity index (χ2v) is 8.94. The van der Waals surface area contributed by atoms with E-state index >= 15 is 0 Å². The molecule has 162 valence electrons. The highest BCUT2D eigenvalue weighted by Gasteiger charge is 2.28. The molecule has 2 heterocycles. The summed E-state index contributed by atoms with van der Waals surface area (Å²) in [5.74, 6) is 2.06. The van der Waals surface area contributed by atoms with Crippen molar-refractivity contribution < 1.29 is 14.3 Å². The SMILES string of the molecule is CCC(C)c1ccccc1OCC(=O)N1CCC(CN2CC(C)OC(C)C2)CC1. The van der Waals surface area contributed by atoms with Crippen molar-refractivity contribution in [1.29, 1.82) is 0 Å².